The van der Waals surface area contributed by atoms with Gasteiger partial charge in [-0.3, -0.25) is 19.7 Å². The van der Waals surface area contributed by atoms with Crippen LogP contribution in [0.5, 0.6) is 0 Å². The van der Waals surface area contributed by atoms with Crippen LogP contribution in [-0.2, 0) is 11.3 Å². The van der Waals surface area contributed by atoms with Crippen LogP contribution in [0.1, 0.15) is 36.2 Å². The average Bonchev–Trinajstić information content (AvgIpc) is 2.65. The molecule has 0 radical (unpaired) electrons. The van der Waals surface area contributed by atoms with Gasteiger partial charge in [-0.05, 0) is 30.2 Å². The summed E-state index contributed by atoms with van der Waals surface area (Å²) in [6.07, 6.45) is 0.748. The monoisotopic (exact) mass is 389 g/mol. The van der Waals surface area contributed by atoms with Crippen molar-refractivity contribution in [1.82, 2.24) is 5.32 Å². The van der Waals surface area contributed by atoms with Gasteiger partial charge in [0.1, 0.15) is 0 Å². The number of benzene rings is 2. The Hall–Kier alpha value is -2.93. The van der Waals surface area contributed by atoms with Gasteiger partial charge in [-0.1, -0.05) is 37.6 Å². The van der Waals surface area contributed by atoms with E-state index in [-0.39, 0.29) is 34.6 Å². The number of non-ortho nitro benzene ring substituents is 1. The summed E-state index contributed by atoms with van der Waals surface area (Å²) >= 11 is 5.96. The Morgan fingerprint density at radius 3 is 2.59 bits per heavy atom. The molecular formula is C19H20ClN3O4. The number of nitro groups is 1. The van der Waals surface area contributed by atoms with Crippen molar-refractivity contribution in [3.05, 3.63) is 68.7 Å². The second-order valence-electron chi connectivity index (χ2n) is 6.10. The first-order chi connectivity index (χ1) is 12.8. The molecule has 0 aliphatic heterocycles. The van der Waals surface area contributed by atoms with Gasteiger partial charge >= 0.3 is 0 Å². The van der Waals surface area contributed by atoms with E-state index in [1.165, 1.54) is 12.1 Å². The van der Waals surface area contributed by atoms with Crippen LogP contribution >= 0.6 is 11.6 Å². The van der Waals surface area contributed by atoms with Crippen LogP contribution in [-0.4, -0.2) is 16.7 Å². The normalized spacial score (nSPS) is 11.5. The molecule has 0 bridgehead atoms. The highest BCUT2D eigenvalue weighted by atomic mass is 35.5. The molecule has 27 heavy (non-hydrogen) atoms. The number of hydrogen-bond acceptors (Lipinski definition) is 4. The molecule has 0 saturated heterocycles. The van der Waals surface area contributed by atoms with Crippen molar-refractivity contribution in [2.24, 2.45) is 5.92 Å². The Kier molecular flexibility index (Phi) is 6.90. The van der Waals surface area contributed by atoms with Crippen molar-refractivity contribution in [3.63, 3.8) is 0 Å². The van der Waals surface area contributed by atoms with E-state index in [0.717, 1.165) is 18.1 Å². The molecule has 1 unspecified atom stereocenters. The summed E-state index contributed by atoms with van der Waals surface area (Å²) in [6, 6.07) is 10.8. The summed E-state index contributed by atoms with van der Waals surface area (Å²) in [4.78, 5) is 34.4. The van der Waals surface area contributed by atoms with E-state index >= 15 is 0 Å². The van der Waals surface area contributed by atoms with E-state index in [9.17, 15) is 19.7 Å². The van der Waals surface area contributed by atoms with Crippen LogP contribution in [0.3, 0.4) is 0 Å². The Morgan fingerprint density at radius 2 is 1.96 bits per heavy atom. The molecule has 2 N–H and O–H groups in total. The summed E-state index contributed by atoms with van der Waals surface area (Å²) in [6.45, 7) is 4.02. The third kappa shape index (κ3) is 5.52. The molecule has 8 heteroatoms. The van der Waals surface area contributed by atoms with Gasteiger partial charge in [-0.15, -0.1) is 0 Å². The zero-order valence-corrected chi connectivity index (χ0v) is 15.7. The summed E-state index contributed by atoms with van der Waals surface area (Å²) in [5.41, 5.74) is 1.42. The summed E-state index contributed by atoms with van der Waals surface area (Å²) < 4.78 is 0. The quantitative estimate of drug-likeness (QED) is 0.548. The topological polar surface area (TPSA) is 101 Å². The lowest BCUT2D eigenvalue weighted by atomic mass is 10.1. The largest absolute Gasteiger partial charge is 0.348 e. The van der Waals surface area contributed by atoms with Crippen molar-refractivity contribution >= 4 is 34.8 Å². The first-order valence-electron chi connectivity index (χ1n) is 8.43. The molecule has 0 aromatic heterocycles. The Bertz CT molecular complexity index is 870. The minimum absolute atomic E-state index is 0.0104. The summed E-state index contributed by atoms with van der Waals surface area (Å²) in [5, 5.41) is 16.3. The van der Waals surface area contributed by atoms with Crippen molar-refractivity contribution < 1.29 is 14.5 Å². The molecule has 7 nitrogen and oxygen atoms in total. The lowest BCUT2D eigenvalue weighted by molar-refractivity contribution is -0.384. The Balaban J connectivity index is 2.02. The number of nitrogens with one attached hydrogen (secondary N) is 2. The molecule has 0 fully saturated rings. The number of carbonyl (C=O) groups excluding carboxylic acids is 2. The maximum Gasteiger partial charge on any atom is 0.270 e. The smallest absolute Gasteiger partial charge is 0.270 e. The maximum atomic E-state index is 12.3. The first kappa shape index (κ1) is 20.4. The zero-order chi connectivity index (χ0) is 20.0. The van der Waals surface area contributed by atoms with Crippen LogP contribution in [0.25, 0.3) is 0 Å². The van der Waals surface area contributed by atoms with Crippen molar-refractivity contribution in [2.45, 2.75) is 26.8 Å². The van der Waals surface area contributed by atoms with Gasteiger partial charge in [-0.25, -0.2) is 0 Å². The zero-order valence-electron chi connectivity index (χ0n) is 15.0. The number of nitrogens with zero attached hydrogens (tertiary/aromatic N) is 1. The summed E-state index contributed by atoms with van der Waals surface area (Å²) in [7, 11) is 0. The van der Waals surface area contributed by atoms with Crippen LogP contribution < -0.4 is 10.6 Å². The molecule has 2 aromatic rings. The van der Waals surface area contributed by atoms with Crippen LogP contribution in [0.15, 0.2) is 42.5 Å². The number of anilines is 1. The molecule has 2 aromatic carbocycles. The minimum Gasteiger partial charge on any atom is -0.348 e. The van der Waals surface area contributed by atoms with Crippen LogP contribution in [0.2, 0.25) is 5.02 Å². The number of halogens is 1. The van der Waals surface area contributed by atoms with Gasteiger partial charge in [-0.2, -0.15) is 0 Å². The predicted molar refractivity (Wildman–Crippen MR) is 104 cm³/mol. The molecule has 0 saturated carbocycles. The number of hydrogen-bond donors (Lipinski definition) is 2. The van der Waals surface area contributed by atoms with Crippen molar-refractivity contribution in [2.75, 3.05) is 5.32 Å². The molecule has 0 spiro atoms. The standard InChI is InChI=1S/C19H20ClN3O4/c1-3-12(2)18(24)22-14-6-4-5-13(9-14)11-21-19(25)16-8-7-15(23(26)27)10-17(16)20/h4-10,12H,3,11H2,1-2H3,(H,21,25)(H,22,24). The highest BCUT2D eigenvalue weighted by Crippen LogP contribution is 2.22. The first-order valence-corrected chi connectivity index (χ1v) is 8.81. The second-order valence-corrected chi connectivity index (χ2v) is 6.51. The van der Waals surface area contributed by atoms with Crippen LogP contribution in [0, 0.1) is 16.0 Å². The third-order valence-electron chi connectivity index (χ3n) is 4.12. The number of rotatable bonds is 7. The van der Waals surface area contributed by atoms with E-state index < -0.39 is 10.8 Å². The van der Waals surface area contributed by atoms with Crippen molar-refractivity contribution in [3.8, 4) is 0 Å². The van der Waals surface area contributed by atoms with Gasteiger partial charge in [0.25, 0.3) is 11.6 Å². The molecule has 0 aliphatic rings. The highest BCUT2D eigenvalue weighted by molar-refractivity contribution is 6.34. The van der Waals surface area contributed by atoms with Gasteiger partial charge in [0.15, 0.2) is 0 Å². The van der Waals surface area contributed by atoms with Crippen molar-refractivity contribution in [1.29, 1.82) is 0 Å². The van der Waals surface area contributed by atoms with Gasteiger partial charge in [0, 0.05) is 30.3 Å². The molecular weight excluding hydrogens is 370 g/mol. The predicted octanol–water partition coefficient (Wildman–Crippen LogP) is 4.16. The molecule has 2 amide bonds. The lowest BCUT2D eigenvalue weighted by Gasteiger charge is -2.12. The van der Waals surface area contributed by atoms with Gasteiger partial charge in [0.05, 0.1) is 15.5 Å². The fourth-order valence-electron chi connectivity index (χ4n) is 2.29. The average molecular weight is 390 g/mol. The van der Waals surface area contributed by atoms with Gasteiger partial charge in [0.2, 0.25) is 5.91 Å². The molecule has 2 rings (SSSR count). The second kappa shape index (κ2) is 9.14. The van der Waals surface area contributed by atoms with Gasteiger partial charge < -0.3 is 10.6 Å². The SMILES string of the molecule is CCC(C)C(=O)Nc1cccc(CNC(=O)c2ccc([N+](=O)[O-])cc2Cl)c1. The fourth-order valence-corrected chi connectivity index (χ4v) is 2.55. The van der Waals surface area contributed by atoms with E-state index in [1.54, 1.807) is 18.2 Å². The third-order valence-corrected chi connectivity index (χ3v) is 4.43. The fraction of sp³-hybridized carbons (Fsp3) is 0.263. The Morgan fingerprint density at radius 1 is 1.22 bits per heavy atom. The van der Waals surface area contributed by atoms with Crippen LogP contribution in [0.4, 0.5) is 11.4 Å². The highest BCUT2D eigenvalue weighted by Gasteiger charge is 2.15. The molecule has 1 atom stereocenters. The number of nitro benzene ring substituents is 1. The number of amides is 2. The molecule has 0 heterocycles. The van der Waals surface area contributed by atoms with E-state index in [2.05, 4.69) is 10.6 Å². The number of carbonyl (C=O) groups is 2. The molecule has 142 valence electrons. The summed E-state index contributed by atoms with van der Waals surface area (Å²) in [5.74, 6) is -0.585. The minimum atomic E-state index is -0.577. The molecule has 0 aliphatic carbocycles. The maximum absolute atomic E-state index is 12.3. The van der Waals surface area contributed by atoms with E-state index in [0.29, 0.717) is 5.69 Å². The lowest BCUT2D eigenvalue weighted by Crippen LogP contribution is -2.23. The van der Waals surface area contributed by atoms with E-state index in [4.69, 9.17) is 11.6 Å². The van der Waals surface area contributed by atoms with E-state index in [1.807, 2.05) is 19.9 Å². The Labute approximate surface area is 161 Å².